The van der Waals surface area contributed by atoms with E-state index < -0.39 is 5.41 Å². The molecule has 1 aromatic carbocycles. The third-order valence-corrected chi connectivity index (χ3v) is 5.14. The molecule has 0 saturated heterocycles. The van der Waals surface area contributed by atoms with E-state index in [0.29, 0.717) is 13.0 Å². The number of nitrogens with two attached hydrogens (primary N) is 1. The Kier molecular flexibility index (Phi) is 8.44. The van der Waals surface area contributed by atoms with Gasteiger partial charge in [0.2, 0.25) is 5.91 Å². The van der Waals surface area contributed by atoms with Crippen LogP contribution in [0.5, 0.6) is 5.75 Å². The van der Waals surface area contributed by atoms with Crippen LogP contribution in [0.2, 0.25) is 0 Å². The second-order valence-corrected chi connectivity index (χ2v) is 6.40. The number of ether oxygens (including phenoxy) is 1. The molecular formula is C20H31N3O2. The molecule has 5 heteroatoms. The minimum absolute atomic E-state index is 0.167. The first kappa shape index (κ1) is 21.0. The highest BCUT2D eigenvalue weighted by atomic mass is 16.5. The Bertz CT molecular complexity index is 576. The number of hydrogen-bond donors (Lipinski definition) is 1. The number of benzene rings is 1. The van der Waals surface area contributed by atoms with Crippen molar-refractivity contribution in [2.75, 3.05) is 26.2 Å². The van der Waals surface area contributed by atoms with E-state index in [1.54, 1.807) is 0 Å². The third kappa shape index (κ3) is 5.47. The van der Waals surface area contributed by atoms with Crippen LogP contribution in [0.25, 0.3) is 0 Å². The van der Waals surface area contributed by atoms with Crippen molar-refractivity contribution in [1.82, 2.24) is 4.90 Å². The summed E-state index contributed by atoms with van der Waals surface area (Å²) >= 11 is 0. The molecule has 1 rings (SSSR count). The van der Waals surface area contributed by atoms with Gasteiger partial charge < -0.3 is 15.4 Å². The first-order chi connectivity index (χ1) is 11.9. The second kappa shape index (κ2) is 10.0. The Morgan fingerprint density at radius 3 is 2.32 bits per heavy atom. The summed E-state index contributed by atoms with van der Waals surface area (Å²) in [4.78, 5) is 13.9. The zero-order valence-electron chi connectivity index (χ0n) is 15.9. The van der Waals surface area contributed by atoms with Crippen LogP contribution in [0.4, 0.5) is 0 Å². The summed E-state index contributed by atoms with van der Waals surface area (Å²) in [5, 5.41) is 9.41. The van der Waals surface area contributed by atoms with Crippen molar-refractivity contribution in [3.05, 3.63) is 29.8 Å². The van der Waals surface area contributed by atoms with Crippen LogP contribution in [0, 0.1) is 17.2 Å². The van der Waals surface area contributed by atoms with Crippen LogP contribution >= 0.6 is 0 Å². The molecule has 1 amide bonds. The van der Waals surface area contributed by atoms with Crippen LogP contribution in [0.15, 0.2) is 24.3 Å². The number of rotatable bonds is 11. The first-order valence-electron chi connectivity index (χ1n) is 9.07. The number of carbonyl (C=O) groups is 1. The topological polar surface area (TPSA) is 79.3 Å². The molecule has 2 atom stereocenters. The van der Waals surface area contributed by atoms with E-state index >= 15 is 0 Å². The molecule has 2 unspecified atom stereocenters. The summed E-state index contributed by atoms with van der Waals surface area (Å²) in [5.74, 6) is 0.104. The minimum atomic E-state index is -0.555. The second-order valence-electron chi connectivity index (χ2n) is 6.40. The van der Waals surface area contributed by atoms with Crippen molar-refractivity contribution in [2.45, 2.75) is 46.0 Å². The van der Waals surface area contributed by atoms with Gasteiger partial charge in [0.25, 0.3) is 0 Å². The number of hydrogen-bond acceptors (Lipinski definition) is 4. The molecule has 2 N–H and O–H groups in total. The van der Waals surface area contributed by atoms with Crippen LogP contribution < -0.4 is 10.5 Å². The Balaban J connectivity index is 2.90. The molecule has 138 valence electrons. The normalized spacial score (nSPS) is 14.6. The van der Waals surface area contributed by atoms with Gasteiger partial charge in [-0.1, -0.05) is 32.9 Å². The molecule has 5 nitrogen and oxygen atoms in total. The molecule has 0 aliphatic rings. The molecule has 0 fully saturated rings. The van der Waals surface area contributed by atoms with Gasteiger partial charge in [0.05, 0.1) is 12.0 Å². The predicted molar refractivity (Wildman–Crippen MR) is 100 cm³/mol. The Hall–Kier alpha value is -2.06. The smallest absolute Gasteiger partial charge is 0.218 e. The quantitative estimate of drug-likeness (QED) is 0.668. The van der Waals surface area contributed by atoms with Crippen LogP contribution in [0.1, 0.15) is 46.1 Å². The van der Waals surface area contributed by atoms with Crippen LogP contribution in [-0.4, -0.2) is 37.0 Å². The summed E-state index contributed by atoms with van der Waals surface area (Å²) in [6, 6.07) is 10.0. The van der Waals surface area contributed by atoms with Crippen molar-refractivity contribution in [3.63, 3.8) is 0 Å². The fraction of sp³-hybridized carbons (Fsp3) is 0.600. The lowest BCUT2D eigenvalue weighted by Crippen LogP contribution is -2.37. The third-order valence-electron chi connectivity index (χ3n) is 5.14. The lowest BCUT2D eigenvalue weighted by atomic mass is 9.67. The van der Waals surface area contributed by atoms with E-state index in [9.17, 15) is 10.1 Å². The fourth-order valence-electron chi connectivity index (χ4n) is 3.29. The lowest BCUT2D eigenvalue weighted by Gasteiger charge is -2.35. The molecule has 1 aromatic rings. The van der Waals surface area contributed by atoms with Crippen molar-refractivity contribution in [1.29, 1.82) is 5.26 Å². The molecule has 0 bridgehead atoms. The molecular weight excluding hydrogens is 314 g/mol. The molecule has 0 radical (unpaired) electrons. The van der Waals surface area contributed by atoms with Gasteiger partial charge in [-0.3, -0.25) is 4.79 Å². The van der Waals surface area contributed by atoms with Gasteiger partial charge in [0.15, 0.2) is 0 Å². The Labute approximate surface area is 151 Å². The van der Waals surface area contributed by atoms with Crippen molar-refractivity contribution >= 4 is 5.91 Å². The number of nitrogens with zero attached hydrogens (tertiary/aromatic N) is 2. The number of carbonyl (C=O) groups excluding carboxylic acids is 1. The number of amides is 1. The highest BCUT2D eigenvalue weighted by Gasteiger charge is 2.38. The van der Waals surface area contributed by atoms with Gasteiger partial charge in [0, 0.05) is 18.4 Å². The highest BCUT2D eigenvalue weighted by molar-refractivity contribution is 5.75. The average molecular weight is 345 g/mol. The zero-order chi connectivity index (χ0) is 18.9. The van der Waals surface area contributed by atoms with Gasteiger partial charge in [-0.2, -0.15) is 5.26 Å². The standard InChI is InChI=1S/C20H31N3O2/c1-5-20(14-19(22)24,16(4)15-21)17-8-10-18(11-9-17)25-13-12-23(6-2)7-3/h8-11,16H,5-7,12-14H2,1-4H3,(H2,22,24). The Morgan fingerprint density at radius 1 is 1.28 bits per heavy atom. The SMILES string of the molecule is CCN(CC)CCOc1ccc(C(CC)(CC(N)=O)C(C)C#N)cc1. The summed E-state index contributed by atoms with van der Waals surface area (Å²) < 4.78 is 5.81. The molecule has 0 aliphatic carbocycles. The van der Waals surface area contributed by atoms with E-state index in [0.717, 1.165) is 30.9 Å². The average Bonchev–Trinajstić information content (AvgIpc) is 2.63. The van der Waals surface area contributed by atoms with Gasteiger partial charge in [0.1, 0.15) is 12.4 Å². The van der Waals surface area contributed by atoms with Crippen molar-refractivity contribution < 1.29 is 9.53 Å². The molecule has 0 aliphatic heterocycles. The zero-order valence-corrected chi connectivity index (χ0v) is 15.9. The molecule has 25 heavy (non-hydrogen) atoms. The van der Waals surface area contributed by atoms with Crippen LogP contribution in [-0.2, 0) is 10.2 Å². The predicted octanol–water partition coefficient (Wildman–Crippen LogP) is 3.09. The molecule has 0 heterocycles. The monoisotopic (exact) mass is 345 g/mol. The summed E-state index contributed by atoms with van der Waals surface area (Å²) in [6.07, 6.45) is 0.840. The van der Waals surface area contributed by atoms with Gasteiger partial charge in [-0.05, 0) is 44.1 Å². The minimum Gasteiger partial charge on any atom is -0.492 e. The van der Waals surface area contributed by atoms with E-state index in [2.05, 4.69) is 24.8 Å². The van der Waals surface area contributed by atoms with Crippen molar-refractivity contribution in [2.24, 2.45) is 11.7 Å². The maximum absolute atomic E-state index is 11.6. The summed E-state index contributed by atoms with van der Waals surface area (Å²) in [7, 11) is 0. The number of primary amides is 1. The summed E-state index contributed by atoms with van der Waals surface area (Å²) in [5.41, 5.74) is 5.86. The maximum Gasteiger partial charge on any atom is 0.218 e. The summed E-state index contributed by atoms with van der Waals surface area (Å²) in [6.45, 7) is 11.7. The fourth-order valence-corrected chi connectivity index (χ4v) is 3.29. The van der Waals surface area contributed by atoms with Gasteiger partial charge in [-0.15, -0.1) is 0 Å². The number of likely N-dealkylation sites (N-methyl/N-ethyl adjacent to an activating group) is 1. The maximum atomic E-state index is 11.6. The largest absolute Gasteiger partial charge is 0.492 e. The lowest BCUT2D eigenvalue weighted by molar-refractivity contribution is -0.119. The van der Waals surface area contributed by atoms with E-state index in [1.165, 1.54) is 0 Å². The van der Waals surface area contributed by atoms with Crippen molar-refractivity contribution in [3.8, 4) is 11.8 Å². The molecule has 0 spiro atoms. The Morgan fingerprint density at radius 2 is 1.88 bits per heavy atom. The van der Waals surface area contributed by atoms with Crippen LogP contribution in [0.3, 0.4) is 0 Å². The van der Waals surface area contributed by atoms with E-state index in [-0.39, 0.29) is 18.2 Å². The molecule has 0 aromatic heterocycles. The van der Waals surface area contributed by atoms with Gasteiger partial charge >= 0.3 is 0 Å². The molecule has 0 saturated carbocycles. The highest BCUT2D eigenvalue weighted by Crippen LogP contribution is 2.39. The van der Waals surface area contributed by atoms with E-state index in [4.69, 9.17) is 10.5 Å². The van der Waals surface area contributed by atoms with Gasteiger partial charge in [-0.25, -0.2) is 0 Å². The van der Waals surface area contributed by atoms with E-state index in [1.807, 2.05) is 38.1 Å². The number of nitriles is 1. The first-order valence-corrected chi connectivity index (χ1v) is 9.07.